The molecule has 0 aromatic carbocycles. The second-order valence-electron chi connectivity index (χ2n) is 2.02. The highest BCUT2D eigenvalue weighted by Gasteiger charge is 1.94. The maximum atomic E-state index is 5.50. The van der Waals surface area contributed by atoms with Crippen LogP contribution in [0.4, 0.5) is 5.82 Å². The van der Waals surface area contributed by atoms with E-state index in [1.807, 2.05) is 6.92 Å². The summed E-state index contributed by atoms with van der Waals surface area (Å²) in [6.07, 6.45) is 4.44. The highest BCUT2D eigenvalue weighted by molar-refractivity contribution is 5.84. The van der Waals surface area contributed by atoms with Crippen molar-refractivity contribution in [2.45, 2.75) is 6.92 Å². The second kappa shape index (κ2) is 4.27. The number of anilines is 1. The largest absolute Gasteiger partial charge is 0.396 e. The molecule has 2 N–H and O–H groups in total. The number of nitrogens with zero attached hydrogens (tertiary/aromatic N) is 3. The fourth-order valence-corrected chi connectivity index (χ4v) is 0.618. The number of oxime groups is 1. The molecule has 12 heavy (non-hydrogen) atoms. The summed E-state index contributed by atoms with van der Waals surface area (Å²) in [5, 5.41) is 3.64. The van der Waals surface area contributed by atoms with Gasteiger partial charge in [-0.2, -0.15) is 0 Å². The van der Waals surface area contributed by atoms with Crippen LogP contribution in [0.15, 0.2) is 17.7 Å². The molecule has 0 radical (unpaired) electrons. The van der Waals surface area contributed by atoms with E-state index in [2.05, 4.69) is 15.1 Å². The van der Waals surface area contributed by atoms with E-state index >= 15 is 0 Å². The highest BCUT2D eigenvalue weighted by Crippen LogP contribution is 2.00. The molecule has 0 unspecified atom stereocenters. The molecule has 0 amide bonds. The Kier molecular flexibility index (Phi) is 3.01. The van der Waals surface area contributed by atoms with Crippen LogP contribution < -0.4 is 5.73 Å². The van der Waals surface area contributed by atoms with E-state index in [0.717, 1.165) is 0 Å². The van der Waals surface area contributed by atoms with Crippen LogP contribution in [-0.4, -0.2) is 22.8 Å². The lowest BCUT2D eigenvalue weighted by atomic mass is 10.3. The van der Waals surface area contributed by atoms with Gasteiger partial charge in [-0.15, -0.1) is 0 Å². The van der Waals surface area contributed by atoms with Crippen LogP contribution in [0.25, 0.3) is 0 Å². The van der Waals surface area contributed by atoms with Gasteiger partial charge in [0.15, 0.2) is 0 Å². The molecule has 0 saturated heterocycles. The molecule has 0 atom stereocenters. The summed E-state index contributed by atoms with van der Waals surface area (Å²) >= 11 is 0. The smallest absolute Gasteiger partial charge is 0.135 e. The minimum atomic E-state index is 0.397. The topological polar surface area (TPSA) is 73.4 Å². The average molecular weight is 166 g/mol. The van der Waals surface area contributed by atoms with Gasteiger partial charge in [0, 0.05) is 6.20 Å². The molecular weight excluding hydrogens is 156 g/mol. The molecule has 0 aliphatic heterocycles. The Morgan fingerprint density at radius 3 is 3.25 bits per heavy atom. The van der Waals surface area contributed by atoms with Crippen molar-refractivity contribution in [2.24, 2.45) is 5.16 Å². The zero-order valence-corrected chi connectivity index (χ0v) is 6.77. The van der Waals surface area contributed by atoms with Gasteiger partial charge < -0.3 is 10.6 Å². The third kappa shape index (κ3) is 2.19. The molecule has 0 fully saturated rings. The van der Waals surface area contributed by atoms with E-state index in [0.29, 0.717) is 18.0 Å². The Hall–Kier alpha value is -1.65. The fraction of sp³-hybridized carbons (Fsp3) is 0.286. The summed E-state index contributed by atoms with van der Waals surface area (Å²) in [5.74, 6) is 0.397. The number of hydrogen-bond donors (Lipinski definition) is 1. The predicted molar refractivity (Wildman–Crippen MR) is 45.7 cm³/mol. The van der Waals surface area contributed by atoms with Gasteiger partial charge in [0.1, 0.15) is 18.8 Å². The van der Waals surface area contributed by atoms with E-state index in [-0.39, 0.29) is 0 Å². The maximum absolute atomic E-state index is 5.50. The van der Waals surface area contributed by atoms with Crippen LogP contribution >= 0.6 is 0 Å². The average Bonchev–Trinajstić information content (AvgIpc) is 2.09. The van der Waals surface area contributed by atoms with E-state index in [1.165, 1.54) is 12.5 Å². The molecule has 0 aliphatic carbocycles. The van der Waals surface area contributed by atoms with Gasteiger partial charge in [0.05, 0.1) is 11.8 Å². The molecule has 1 rings (SSSR count). The molecule has 1 heterocycles. The van der Waals surface area contributed by atoms with Gasteiger partial charge in [-0.1, -0.05) is 5.16 Å². The zero-order valence-electron chi connectivity index (χ0n) is 6.77. The summed E-state index contributed by atoms with van der Waals surface area (Å²) in [7, 11) is 0. The molecule has 5 heteroatoms. The molecular formula is C7H10N4O. The molecule has 0 aliphatic rings. The van der Waals surface area contributed by atoms with E-state index in [1.54, 1.807) is 6.20 Å². The third-order valence-corrected chi connectivity index (χ3v) is 1.17. The van der Waals surface area contributed by atoms with Crippen molar-refractivity contribution in [1.82, 2.24) is 9.97 Å². The van der Waals surface area contributed by atoms with Crippen molar-refractivity contribution in [3.05, 3.63) is 18.1 Å². The van der Waals surface area contributed by atoms with E-state index in [4.69, 9.17) is 10.6 Å². The third-order valence-electron chi connectivity index (χ3n) is 1.17. The van der Waals surface area contributed by atoms with Crippen molar-refractivity contribution in [1.29, 1.82) is 0 Å². The van der Waals surface area contributed by atoms with Crippen LogP contribution in [-0.2, 0) is 4.84 Å². The minimum absolute atomic E-state index is 0.397. The first kappa shape index (κ1) is 8.45. The fourth-order valence-electron chi connectivity index (χ4n) is 0.618. The van der Waals surface area contributed by atoms with Crippen LogP contribution in [0.1, 0.15) is 12.5 Å². The minimum Gasteiger partial charge on any atom is -0.396 e. The van der Waals surface area contributed by atoms with Crippen molar-refractivity contribution in [2.75, 3.05) is 12.3 Å². The summed E-state index contributed by atoms with van der Waals surface area (Å²) in [6, 6.07) is 0. The van der Waals surface area contributed by atoms with Crippen molar-refractivity contribution >= 4 is 12.0 Å². The Labute approximate surface area is 70.3 Å². The summed E-state index contributed by atoms with van der Waals surface area (Å²) < 4.78 is 0. The molecule has 0 saturated carbocycles. The normalized spacial score (nSPS) is 10.4. The molecule has 0 bridgehead atoms. The van der Waals surface area contributed by atoms with Gasteiger partial charge in [-0.05, 0) is 6.92 Å². The second-order valence-corrected chi connectivity index (χ2v) is 2.02. The number of rotatable bonds is 3. The first-order valence-electron chi connectivity index (χ1n) is 3.55. The van der Waals surface area contributed by atoms with E-state index < -0.39 is 0 Å². The number of hydrogen-bond acceptors (Lipinski definition) is 5. The zero-order chi connectivity index (χ0) is 8.81. The monoisotopic (exact) mass is 166 g/mol. The van der Waals surface area contributed by atoms with Gasteiger partial charge in [-0.25, -0.2) is 9.97 Å². The first-order chi connectivity index (χ1) is 5.84. The molecule has 5 nitrogen and oxygen atoms in total. The van der Waals surface area contributed by atoms with Crippen LogP contribution in [0.2, 0.25) is 0 Å². The Morgan fingerprint density at radius 1 is 1.75 bits per heavy atom. The molecule has 0 spiro atoms. The highest BCUT2D eigenvalue weighted by atomic mass is 16.6. The predicted octanol–water partition coefficient (Wildman–Crippen LogP) is 0.429. The SMILES string of the molecule is CCON=Cc1cncnc1N. The van der Waals surface area contributed by atoms with E-state index in [9.17, 15) is 0 Å². The number of aromatic nitrogens is 2. The summed E-state index contributed by atoms with van der Waals surface area (Å²) in [4.78, 5) is 12.3. The van der Waals surface area contributed by atoms with Crippen molar-refractivity contribution in [3.8, 4) is 0 Å². The Balaban J connectivity index is 2.68. The standard InChI is InChI=1S/C7H10N4O/c1-2-12-11-4-6-3-9-5-10-7(6)8/h3-5H,2H2,1H3,(H2,8,9,10). The first-order valence-corrected chi connectivity index (χ1v) is 3.55. The lowest BCUT2D eigenvalue weighted by molar-refractivity contribution is 0.160. The van der Waals surface area contributed by atoms with Crippen LogP contribution in [0, 0.1) is 0 Å². The lowest BCUT2D eigenvalue weighted by Crippen LogP contribution is -1.97. The number of nitrogen functional groups attached to an aromatic ring is 1. The number of nitrogens with two attached hydrogens (primary N) is 1. The van der Waals surface area contributed by atoms with Crippen molar-refractivity contribution in [3.63, 3.8) is 0 Å². The molecule has 64 valence electrons. The quantitative estimate of drug-likeness (QED) is 0.522. The van der Waals surface area contributed by atoms with Gasteiger partial charge >= 0.3 is 0 Å². The lowest BCUT2D eigenvalue weighted by Gasteiger charge is -1.95. The van der Waals surface area contributed by atoms with Gasteiger partial charge in [0.25, 0.3) is 0 Å². The van der Waals surface area contributed by atoms with Gasteiger partial charge in [-0.3, -0.25) is 0 Å². The Bertz CT molecular complexity index is 274. The maximum Gasteiger partial charge on any atom is 0.135 e. The van der Waals surface area contributed by atoms with Crippen molar-refractivity contribution < 1.29 is 4.84 Å². The van der Waals surface area contributed by atoms with Gasteiger partial charge in [0.2, 0.25) is 0 Å². The molecule has 1 aromatic rings. The summed E-state index contributed by atoms with van der Waals surface area (Å²) in [6.45, 7) is 2.38. The summed E-state index contributed by atoms with van der Waals surface area (Å²) in [5.41, 5.74) is 6.16. The Morgan fingerprint density at radius 2 is 2.58 bits per heavy atom. The van der Waals surface area contributed by atoms with Crippen LogP contribution in [0.5, 0.6) is 0 Å². The van der Waals surface area contributed by atoms with Crippen LogP contribution in [0.3, 0.4) is 0 Å². The molecule has 1 aromatic heterocycles.